The van der Waals surface area contributed by atoms with Crippen molar-refractivity contribution in [2.24, 2.45) is 0 Å². The number of anilines is 1. The minimum absolute atomic E-state index is 0.192. The van der Waals surface area contributed by atoms with Crippen LogP contribution in [-0.2, 0) is 6.54 Å². The van der Waals surface area contributed by atoms with Gasteiger partial charge in [0.2, 0.25) is 0 Å². The van der Waals surface area contributed by atoms with Crippen LogP contribution in [0.25, 0.3) is 0 Å². The number of pyridine rings is 1. The molecular weight excluding hydrogens is 244 g/mol. The molecule has 2 rings (SSSR count). The summed E-state index contributed by atoms with van der Waals surface area (Å²) in [5, 5.41) is 13.4. The summed E-state index contributed by atoms with van der Waals surface area (Å²) in [6.45, 7) is 3.90. The Bertz CT molecular complexity index is 508. The van der Waals surface area contributed by atoms with Crippen molar-refractivity contribution in [3.63, 3.8) is 0 Å². The summed E-state index contributed by atoms with van der Waals surface area (Å²) in [4.78, 5) is 15.9. The van der Waals surface area contributed by atoms with E-state index in [0.29, 0.717) is 18.8 Å². The van der Waals surface area contributed by atoms with Crippen molar-refractivity contribution in [3.8, 4) is 0 Å². The van der Waals surface area contributed by atoms with Gasteiger partial charge in [-0.15, -0.1) is 5.10 Å². The lowest BCUT2D eigenvalue weighted by Crippen LogP contribution is -2.28. The van der Waals surface area contributed by atoms with E-state index in [1.165, 1.54) is 0 Å². The van der Waals surface area contributed by atoms with Gasteiger partial charge in [0.1, 0.15) is 5.69 Å². The summed E-state index contributed by atoms with van der Waals surface area (Å²) in [6, 6.07) is 3.53. The summed E-state index contributed by atoms with van der Waals surface area (Å²) >= 11 is 0. The molecule has 19 heavy (non-hydrogen) atoms. The first-order valence-corrected chi connectivity index (χ1v) is 6.12. The molecule has 7 heteroatoms. The first-order valence-electron chi connectivity index (χ1n) is 6.12. The molecule has 0 unspecified atom stereocenters. The Balaban J connectivity index is 1.82. The van der Waals surface area contributed by atoms with Gasteiger partial charge < -0.3 is 10.6 Å². The average Bonchev–Trinajstić information content (AvgIpc) is 2.93. The van der Waals surface area contributed by atoms with Crippen LogP contribution in [0.15, 0.2) is 30.7 Å². The molecule has 0 radical (unpaired) electrons. The van der Waals surface area contributed by atoms with Gasteiger partial charge in [0.25, 0.3) is 5.91 Å². The van der Waals surface area contributed by atoms with Crippen LogP contribution < -0.4 is 10.6 Å². The Hall–Kier alpha value is -2.44. The molecule has 0 spiro atoms. The molecule has 0 atom stereocenters. The molecule has 2 aromatic rings. The molecule has 2 aromatic heterocycles. The fourth-order valence-electron chi connectivity index (χ4n) is 1.56. The Kier molecular flexibility index (Phi) is 4.44. The maximum absolute atomic E-state index is 11.8. The monoisotopic (exact) mass is 260 g/mol. The van der Waals surface area contributed by atoms with E-state index in [0.717, 1.165) is 12.2 Å². The molecule has 0 aliphatic heterocycles. The van der Waals surface area contributed by atoms with Gasteiger partial charge in [0.15, 0.2) is 0 Å². The minimum Gasteiger partial charge on any atom is -0.384 e. The third kappa shape index (κ3) is 3.77. The third-order valence-corrected chi connectivity index (χ3v) is 2.48. The largest absolute Gasteiger partial charge is 0.384 e. The molecule has 0 aliphatic carbocycles. The summed E-state index contributed by atoms with van der Waals surface area (Å²) in [6.07, 6.45) is 4.99. The second-order valence-corrected chi connectivity index (χ2v) is 3.88. The van der Waals surface area contributed by atoms with Gasteiger partial charge >= 0.3 is 0 Å². The van der Waals surface area contributed by atoms with Gasteiger partial charge in [0, 0.05) is 19.3 Å². The fraction of sp³-hybridized carbons (Fsp3) is 0.333. The molecule has 2 heterocycles. The van der Waals surface area contributed by atoms with E-state index in [4.69, 9.17) is 0 Å². The highest BCUT2D eigenvalue weighted by molar-refractivity contribution is 5.92. The van der Waals surface area contributed by atoms with Crippen LogP contribution in [0.2, 0.25) is 0 Å². The van der Waals surface area contributed by atoms with E-state index < -0.39 is 0 Å². The Morgan fingerprint density at radius 3 is 2.95 bits per heavy atom. The number of nitrogens with one attached hydrogen (secondary N) is 2. The van der Waals surface area contributed by atoms with Gasteiger partial charge in [-0.25, -0.2) is 4.98 Å². The Labute approximate surface area is 111 Å². The molecule has 0 saturated carbocycles. The van der Waals surface area contributed by atoms with Crippen molar-refractivity contribution in [2.75, 3.05) is 18.4 Å². The predicted octanol–water partition coefficient (Wildman–Crippen LogP) is 0.535. The molecule has 0 aliphatic rings. The zero-order chi connectivity index (χ0) is 13.5. The zero-order valence-electron chi connectivity index (χ0n) is 10.7. The van der Waals surface area contributed by atoms with Crippen LogP contribution in [0.5, 0.6) is 0 Å². The lowest BCUT2D eigenvalue weighted by molar-refractivity contribution is 0.0947. The predicted molar refractivity (Wildman–Crippen MR) is 70.8 cm³/mol. The number of hydrogen-bond donors (Lipinski definition) is 2. The SMILES string of the molecule is CCNc1ccc(C(=O)NCCn2ccnn2)nc1. The second-order valence-electron chi connectivity index (χ2n) is 3.88. The second kappa shape index (κ2) is 6.48. The van der Waals surface area contributed by atoms with Crippen LogP contribution in [0.3, 0.4) is 0 Å². The number of aromatic nitrogens is 4. The number of carbonyl (C=O) groups is 1. The lowest BCUT2D eigenvalue weighted by Gasteiger charge is -2.06. The topological polar surface area (TPSA) is 84.7 Å². The molecule has 0 fully saturated rings. The highest BCUT2D eigenvalue weighted by Gasteiger charge is 2.06. The van der Waals surface area contributed by atoms with E-state index in [-0.39, 0.29) is 5.91 Å². The lowest BCUT2D eigenvalue weighted by atomic mass is 10.3. The number of carbonyl (C=O) groups excluding carboxylic acids is 1. The quantitative estimate of drug-likeness (QED) is 0.791. The van der Waals surface area contributed by atoms with Crippen molar-refractivity contribution >= 4 is 11.6 Å². The van der Waals surface area contributed by atoms with Crippen molar-refractivity contribution in [1.29, 1.82) is 0 Å². The van der Waals surface area contributed by atoms with E-state index in [1.54, 1.807) is 29.3 Å². The normalized spacial score (nSPS) is 10.2. The number of nitrogens with zero attached hydrogens (tertiary/aromatic N) is 4. The molecular formula is C12H16N6O. The molecule has 0 bridgehead atoms. The average molecular weight is 260 g/mol. The van der Waals surface area contributed by atoms with Crippen LogP contribution in [0.4, 0.5) is 5.69 Å². The molecule has 100 valence electrons. The fourth-order valence-corrected chi connectivity index (χ4v) is 1.56. The highest BCUT2D eigenvalue weighted by atomic mass is 16.1. The Morgan fingerprint density at radius 2 is 2.32 bits per heavy atom. The summed E-state index contributed by atoms with van der Waals surface area (Å²) in [5.74, 6) is -0.192. The van der Waals surface area contributed by atoms with Crippen molar-refractivity contribution in [2.45, 2.75) is 13.5 Å². The van der Waals surface area contributed by atoms with E-state index in [2.05, 4.69) is 25.9 Å². The zero-order valence-corrected chi connectivity index (χ0v) is 10.7. The molecule has 0 saturated heterocycles. The standard InChI is InChI=1S/C12H16N6O/c1-2-13-10-3-4-11(15-9-10)12(19)14-5-7-18-8-6-16-17-18/h3-4,6,8-9,13H,2,5,7H2,1H3,(H,14,19). The van der Waals surface area contributed by atoms with Gasteiger partial charge in [-0.2, -0.15) is 0 Å². The van der Waals surface area contributed by atoms with Crippen molar-refractivity contribution in [1.82, 2.24) is 25.3 Å². The number of rotatable bonds is 6. The smallest absolute Gasteiger partial charge is 0.269 e. The van der Waals surface area contributed by atoms with Crippen LogP contribution in [0, 0.1) is 0 Å². The third-order valence-electron chi connectivity index (χ3n) is 2.48. The first kappa shape index (κ1) is 13.0. The van der Waals surface area contributed by atoms with Crippen molar-refractivity contribution in [3.05, 3.63) is 36.4 Å². The van der Waals surface area contributed by atoms with Crippen LogP contribution in [0.1, 0.15) is 17.4 Å². The maximum atomic E-state index is 11.8. The van der Waals surface area contributed by atoms with E-state index in [9.17, 15) is 4.79 Å². The number of hydrogen-bond acceptors (Lipinski definition) is 5. The van der Waals surface area contributed by atoms with E-state index in [1.807, 2.05) is 13.0 Å². The molecule has 7 nitrogen and oxygen atoms in total. The van der Waals surface area contributed by atoms with Gasteiger partial charge in [-0.05, 0) is 19.1 Å². The van der Waals surface area contributed by atoms with E-state index >= 15 is 0 Å². The van der Waals surface area contributed by atoms with Gasteiger partial charge in [-0.3, -0.25) is 9.48 Å². The van der Waals surface area contributed by atoms with Gasteiger partial charge in [-0.1, -0.05) is 5.21 Å². The van der Waals surface area contributed by atoms with Crippen molar-refractivity contribution < 1.29 is 4.79 Å². The molecule has 2 N–H and O–H groups in total. The minimum atomic E-state index is -0.192. The molecule has 0 aromatic carbocycles. The summed E-state index contributed by atoms with van der Waals surface area (Å²) in [5.41, 5.74) is 1.31. The summed E-state index contributed by atoms with van der Waals surface area (Å²) < 4.78 is 1.65. The maximum Gasteiger partial charge on any atom is 0.269 e. The van der Waals surface area contributed by atoms with Gasteiger partial charge in [0.05, 0.1) is 24.6 Å². The van der Waals surface area contributed by atoms with Crippen LogP contribution >= 0.6 is 0 Å². The number of amides is 1. The summed E-state index contributed by atoms with van der Waals surface area (Å²) in [7, 11) is 0. The Morgan fingerprint density at radius 1 is 1.42 bits per heavy atom. The first-order chi connectivity index (χ1) is 9.29. The van der Waals surface area contributed by atoms with Crippen LogP contribution in [-0.4, -0.2) is 39.0 Å². The highest BCUT2D eigenvalue weighted by Crippen LogP contribution is 2.05. The molecule has 1 amide bonds.